The van der Waals surface area contributed by atoms with Crippen molar-refractivity contribution in [1.82, 2.24) is 0 Å². The van der Waals surface area contributed by atoms with Crippen LogP contribution in [0.2, 0.25) is 0 Å². The van der Waals surface area contributed by atoms with Crippen molar-refractivity contribution in [3.8, 4) is 0 Å². The van der Waals surface area contributed by atoms with Gasteiger partial charge in [-0.3, -0.25) is 4.70 Å². The van der Waals surface area contributed by atoms with Crippen molar-refractivity contribution in [2.75, 3.05) is 0 Å². The molecule has 0 radical (unpaired) electrons. The molecular formula is C18H28N2. The van der Waals surface area contributed by atoms with E-state index >= 15 is 0 Å². The van der Waals surface area contributed by atoms with Crippen molar-refractivity contribution < 1.29 is 4.70 Å². The van der Waals surface area contributed by atoms with E-state index in [-0.39, 0.29) is 5.54 Å². The van der Waals surface area contributed by atoms with Gasteiger partial charge in [0.15, 0.2) is 11.2 Å². The summed E-state index contributed by atoms with van der Waals surface area (Å²) in [6.45, 7) is 0. The van der Waals surface area contributed by atoms with E-state index in [0.717, 1.165) is 12.8 Å². The summed E-state index contributed by atoms with van der Waals surface area (Å²) in [5.41, 5.74) is 12.1. The molecule has 0 saturated carbocycles. The molecule has 0 aromatic carbocycles. The second kappa shape index (κ2) is 6.24. The molecule has 2 heterocycles. The molecule has 1 unspecified atom stereocenters. The highest BCUT2D eigenvalue weighted by Crippen LogP contribution is 2.45. The number of hydrogen-bond donors (Lipinski definition) is 0. The molecule has 0 spiro atoms. The number of piperidine rings is 1. The third kappa shape index (κ3) is 2.62. The molecule has 1 atom stereocenters. The fourth-order valence-corrected chi connectivity index (χ4v) is 4.63. The quantitative estimate of drug-likeness (QED) is 0.442. The molecule has 2 nitrogen and oxygen atoms in total. The molecule has 2 heteroatoms. The summed E-state index contributed by atoms with van der Waals surface area (Å²) >= 11 is 0. The molecule has 0 amide bonds. The summed E-state index contributed by atoms with van der Waals surface area (Å²) in [5.74, 6) is 0.675. The summed E-state index contributed by atoms with van der Waals surface area (Å²) in [6, 6.07) is 0. The lowest BCUT2D eigenvalue weighted by Gasteiger charge is -2.42. The van der Waals surface area contributed by atoms with E-state index in [1.54, 1.807) is 4.70 Å². The summed E-state index contributed by atoms with van der Waals surface area (Å²) in [6.07, 6.45) is 21.7. The smallest absolute Gasteiger partial charge is 0.166 e. The average Bonchev–Trinajstić information content (AvgIpc) is 2.59. The van der Waals surface area contributed by atoms with Gasteiger partial charge in [0.05, 0.1) is 0 Å². The first kappa shape index (κ1) is 14.0. The molecule has 1 aliphatic carbocycles. The molecule has 3 aliphatic rings. The van der Waals surface area contributed by atoms with Crippen LogP contribution in [0.3, 0.4) is 0 Å². The summed E-state index contributed by atoms with van der Waals surface area (Å²) in [7, 11) is 0. The predicted molar refractivity (Wildman–Crippen MR) is 82.5 cm³/mol. The van der Waals surface area contributed by atoms with E-state index < -0.39 is 0 Å². The van der Waals surface area contributed by atoms with Gasteiger partial charge in [0, 0.05) is 25.2 Å². The Balaban J connectivity index is 1.84. The van der Waals surface area contributed by atoms with Crippen LogP contribution in [-0.4, -0.2) is 10.2 Å². The lowest BCUT2D eigenvalue weighted by Crippen LogP contribution is -2.48. The minimum absolute atomic E-state index is 0.0604. The Kier molecular flexibility index (Phi) is 4.38. The zero-order valence-electron chi connectivity index (χ0n) is 12.7. The van der Waals surface area contributed by atoms with Gasteiger partial charge in [0.25, 0.3) is 0 Å². The molecule has 3 rings (SSSR count). The first-order valence-corrected chi connectivity index (χ1v) is 8.66. The number of nitrogens with zero attached hydrogens (tertiary/aromatic N) is 2. The van der Waals surface area contributed by atoms with Crippen LogP contribution in [0.4, 0.5) is 0 Å². The van der Waals surface area contributed by atoms with Gasteiger partial charge in [-0.1, -0.05) is 12.2 Å². The van der Waals surface area contributed by atoms with Crippen LogP contribution >= 0.6 is 0 Å². The predicted octanol–water partition coefficient (Wildman–Crippen LogP) is 5.54. The molecule has 0 aromatic rings. The van der Waals surface area contributed by atoms with Crippen molar-refractivity contribution in [2.45, 2.75) is 82.6 Å². The van der Waals surface area contributed by atoms with Gasteiger partial charge in [0.1, 0.15) is 0 Å². The Morgan fingerprint density at radius 2 is 1.65 bits per heavy atom. The normalized spacial score (nSPS) is 32.8. The van der Waals surface area contributed by atoms with Gasteiger partial charge >= 0.3 is 0 Å². The number of rotatable bonds is 1. The first-order valence-electron chi connectivity index (χ1n) is 8.66. The second-order valence-electron chi connectivity index (χ2n) is 6.89. The topological polar surface area (TPSA) is 25.3 Å². The molecule has 0 N–H and O–H groups in total. The first-order chi connectivity index (χ1) is 9.83. The minimum atomic E-state index is 0.0604. The Morgan fingerprint density at radius 1 is 0.950 bits per heavy atom. The van der Waals surface area contributed by atoms with Gasteiger partial charge in [-0.2, -0.15) is 0 Å². The summed E-state index contributed by atoms with van der Waals surface area (Å²) in [4.78, 5) is 0. The van der Waals surface area contributed by atoms with Crippen molar-refractivity contribution in [3.63, 3.8) is 0 Å². The Labute approximate surface area is 123 Å². The Morgan fingerprint density at radius 3 is 2.40 bits per heavy atom. The zero-order chi connectivity index (χ0) is 13.8. The van der Waals surface area contributed by atoms with Gasteiger partial charge in [-0.25, -0.2) is 0 Å². The fraction of sp³-hybridized carbons (Fsp3) is 0.778. The third-order valence-corrected chi connectivity index (χ3v) is 5.70. The summed E-state index contributed by atoms with van der Waals surface area (Å²) in [5, 5.41) is 0. The van der Waals surface area contributed by atoms with Gasteiger partial charge in [-0.15, -0.1) is 0 Å². The van der Waals surface area contributed by atoms with Crippen LogP contribution in [0, 0.1) is 5.92 Å². The molecule has 0 aromatic heterocycles. The third-order valence-electron chi connectivity index (χ3n) is 5.70. The van der Waals surface area contributed by atoms with Crippen LogP contribution in [0.15, 0.2) is 23.9 Å². The molecular weight excluding hydrogens is 244 g/mol. The monoisotopic (exact) mass is 272 g/mol. The van der Waals surface area contributed by atoms with E-state index in [2.05, 4.69) is 18.2 Å². The highest BCUT2D eigenvalue weighted by atomic mass is 15.3. The Bertz CT molecular complexity index is 409. The molecule has 110 valence electrons. The largest absolute Gasteiger partial charge is 0.500 e. The van der Waals surface area contributed by atoms with Crippen molar-refractivity contribution in [3.05, 3.63) is 29.5 Å². The van der Waals surface area contributed by atoms with Gasteiger partial charge in [0.2, 0.25) is 0 Å². The summed E-state index contributed by atoms with van der Waals surface area (Å²) < 4.78 is 1.74. The average molecular weight is 272 g/mol. The van der Waals surface area contributed by atoms with Crippen molar-refractivity contribution in [2.24, 2.45) is 5.92 Å². The molecule has 1 saturated heterocycles. The van der Waals surface area contributed by atoms with Gasteiger partial charge < -0.3 is 5.53 Å². The lowest BCUT2D eigenvalue weighted by molar-refractivity contribution is -0.608. The highest BCUT2D eigenvalue weighted by molar-refractivity contribution is 5.04. The van der Waals surface area contributed by atoms with E-state index in [9.17, 15) is 5.53 Å². The fourth-order valence-electron chi connectivity index (χ4n) is 4.63. The number of fused-ring (bicyclic) bond motifs is 2. The van der Waals surface area contributed by atoms with E-state index in [1.165, 1.54) is 69.9 Å². The zero-order valence-corrected chi connectivity index (χ0v) is 12.7. The van der Waals surface area contributed by atoms with Crippen LogP contribution in [0.25, 0.3) is 5.53 Å². The maximum absolute atomic E-state index is 10.9. The standard InChI is InChI=1S/C18H28N2/c19-20-17-12-7-8-14-18(20,15-9-13-17)16-10-5-3-1-2-4-6-11-16/h1-2,12,16H,3-11,13-15H2. The molecule has 1 fully saturated rings. The number of hydrogen-bond acceptors (Lipinski definition) is 0. The second-order valence-corrected chi connectivity index (χ2v) is 6.89. The van der Waals surface area contributed by atoms with Crippen LogP contribution in [0.1, 0.15) is 77.0 Å². The van der Waals surface area contributed by atoms with E-state index in [4.69, 9.17) is 0 Å². The van der Waals surface area contributed by atoms with E-state index in [0.29, 0.717) is 5.92 Å². The van der Waals surface area contributed by atoms with Crippen molar-refractivity contribution in [1.29, 1.82) is 0 Å². The van der Waals surface area contributed by atoms with E-state index in [1.807, 2.05) is 0 Å². The van der Waals surface area contributed by atoms with Crippen LogP contribution in [0.5, 0.6) is 0 Å². The molecule has 2 aliphatic heterocycles. The maximum Gasteiger partial charge on any atom is 0.166 e. The van der Waals surface area contributed by atoms with Crippen molar-refractivity contribution >= 4 is 0 Å². The molecule has 2 bridgehead atoms. The maximum atomic E-state index is 10.9. The molecule has 20 heavy (non-hydrogen) atoms. The number of allylic oxidation sites excluding steroid dienone is 4. The van der Waals surface area contributed by atoms with Gasteiger partial charge in [-0.05, 0) is 63.9 Å². The van der Waals surface area contributed by atoms with Crippen LogP contribution < -0.4 is 0 Å². The highest BCUT2D eigenvalue weighted by Gasteiger charge is 2.48. The SMILES string of the molecule is [N-]=[N+]1C2=CCCCC1(C1CCCC=CCCC1)CCC2. The Hall–Kier alpha value is -0.920. The lowest BCUT2D eigenvalue weighted by atomic mass is 9.70. The minimum Gasteiger partial charge on any atom is -0.500 e. The van der Waals surface area contributed by atoms with Crippen LogP contribution in [-0.2, 0) is 0 Å².